The van der Waals surface area contributed by atoms with Crippen LogP contribution >= 0.6 is 0 Å². The van der Waals surface area contributed by atoms with Gasteiger partial charge in [0.25, 0.3) is 0 Å². The van der Waals surface area contributed by atoms with Crippen LogP contribution < -0.4 is 5.32 Å². The number of amides is 1. The van der Waals surface area contributed by atoms with E-state index in [9.17, 15) is 14.0 Å². The largest absolute Gasteiger partial charge is 0.480 e. The lowest BCUT2D eigenvalue weighted by molar-refractivity contribution is -0.139. The van der Waals surface area contributed by atoms with Crippen LogP contribution in [0.25, 0.3) is 0 Å². The van der Waals surface area contributed by atoms with Gasteiger partial charge in [-0.3, -0.25) is 0 Å². The van der Waals surface area contributed by atoms with Crippen LogP contribution in [0.1, 0.15) is 5.56 Å². The Morgan fingerprint density at radius 3 is 2.53 bits per heavy atom. The summed E-state index contributed by atoms with van der Waals surface area (Å²) in [5.74, 6) is -1.44. The monoisotopic (exact) mass is 241 g/mol. The van der Waals surface area contributed by atoms with Gasteiger partial charge in [0, 0.05) is 0 Å². The molecule has 1 unspecified atom stereocenters. The van der Waals surface area contributed by atoms with Gasteiger partial charge in [0.15, 0.2) is 6.04 Å². The molecular formula is C11H12FNO4. The lowest BCUT2D eigenvalue weighted by atomic mass is 10.2. The van der Waals surface area contributed by atoms with Crippen LogP contribution in [-0.2, 0) is 16.1 Å². The van der Waals surface area contributed by atoms with Crippen molar-refractivity contribution in [3.05, 3.63) is 35.9 Å². The SMILES string of the molecule is O=C(NC(CF)C(=O)O)OCc1ccccc1. The van der Waals surface area contributed by atoms with Crippen molar-refractivity contribution >= 4 is 12.1 Å². The molecule has 0 aromatic heterocycles. The Morgan fingerprint density at radius 1 is 1.35 bits per heavy atom. The Kier molecular flexibility index (Phi) is 4.93. The van der Waals surface area contributed by atoms with Gasteiger partial charge in [-0.1, -0.05) is 30.3 Å². The van der Waals surface area contributed by atoms with Crippen molar-refractivity contribution in [2.75, 3.05) is 6.67 Å². The lowest BCUT2D eigenvalue weighted by Crippen LogP contribution is -2.42. The quantitative estimate of drug-likeness (QED) is 0.815. The van der Waals surface area contributed by atoms with Crippen molar-refractivity contribution in [1.82, 2.24) is 5.32 Å². The van der Waals surface area contributed by atoms with Gasteiger partial charge in [-0.15, -0.1) is 0 Å². The molecule has 0 aliphatic rings. The highest BCUT2D eigenvalue weighted by Gasteiger charge is 2.20. The molecule has 1 aromatic rings. The second kappa shape index (κ2) is 6.47. The minimum Gasteiger partial charge on any atom is -0.480 e. The van der Waals surface area contributed by atoms with E-state index in [-0.39, 0.29) is 6.61 Å². The average Bonchev–Trinajstić information content (AvgIpc) is 2.34. The lowest BCUT2D eigenvalue weighted by Gasteiger charge is -2.11. The van der Waals surface area contributed by atoms with Crippen molar-refractivity contribution in [2.24, 2.45) is 0 Å². The summed E-state index contributed by atoms with van der Waals surface area (Å²) in [5.41, 5.74) is 0.759. The summed E-state index contributed by atoms with van der Waals surface area (Å²) >= 11 is 0. The van der Waals surface area contributed by atoms with Crippen molar-refractivity contribution in [1.29, 1.82) is 0 Å². The molecule has 0 aliphatic carbocycles. The maximum Gasteiger partial charge on any atom is 0.408 e. The molecule has 2 N–H and O–H groups in total. The zero-order valence-electron chi connectivity index (χ0n) is 8.93. The number of halogens is 1. The number of nitrogens with one attached hydrogen (secondary N) is 1. The van der Waals surface area contributed by atoms with Gasteiger partial charge in [-0.05, 0) is 5.56 Å². The maximum atomic E-state index is 12.2. The number of carbonyl (C=O) groups is 2. The number of hydrogen-bond donors (Lipinski definition) is 2. The van der Waals surface area contributed by atoms with Gasteiger partial charge in [0.2, 0.25) is 0 Å². The third-order valence-corrected chi connectivity index (χ3v) is 1.96. The summed E-state index contributed by atoms with van der Waals surface area (Å²) in [6.07, 6.45) is -0.959. The Balaban J connectivity index is 2.37. The predicted octanol–water partition coefficient (Wildman–Crippen LogP) is 1.34. The number of ether oxygens (including phenoxy) is 1. The predicted molar refractivity (Wildman–Crippen MR) is 57.2 cm³/mol. The minimum absolute atomic E-state index is 0.00526. The summed E-state index contributed by atoms with van der Waals surface area (Å²) in [7, 11) is 0. The van der Waals surface area contributed by atoms with Gasteiger partial charge in [-0.2, -0.15) is 0 Å². The third-order valence-electron chi connectivity index (χ3n) is 1.96. The zero-order chi connectivity index (χ0) is 12.7. The summed E-state index contributed by atoms with van der Waals surface area (Å²) < 4.78 is 16.9. The fraction of sp³-hybridized carbons (Fsp3) is 0.273. The van der Waals surface area contributed by atoms with Crippen molar-refractivity contribution < 1.29 is 23.8 Å². The summed E-state index contributed by atoms with van der Waals surface area (Å²) in [6, 6.07) is 7.29. The molecule has 1 rings (SSSR count). The molecule has 1 atom stereocenters. The van der Waals surface area contributed by atoms with E-state index in [1.165, 1.54) is 0 Å². The standard InChI is InChI=1S/C11H12FNO4/c12-6-9(10(14)15)13-11(16)17-7-8-4-2-1-3-5-8/h1-5,9H,6-7H2,(H,13,16)(H,14,15). The van der Waals surface area contributed by atoms with E-state index in [2.05, 4.69) is 0 Å². The van der Waals surface area contributed by atoms with Crippen LogP contribution in [-0.4, -0.2) is 29.9 Å². The first-order valence-corrected chi connectivity index (χ1v) is 4.89. The molecule has 0 fully saturated rings. The van der Waals surface area contributed by atoms with E-state index in [0.717, 1.165) is 5.56 Å². The summed E-state index contributed by atoms with van der Waals surface area (Å²) in [5, 5.41) is 10.4. The molecule has 0 saturated heterocycles. The van der Waals surface area contributed by atoms with E-state index in [0.29, 0.717) is 0 Å². The molecule has 92 valence electrons. The van der Waals surface area contributed by atoms with E-state index in [4.69, 9.17) is 9.84 Å². The fourth-order valence-electron chi connectivity index (χ4n) is 1.07. The number of carbonyl (C=O) groups excluding carboxylic acids is 1. The number of benzene rings is 1. The number of alkyl halides is 1. The highest BCUT2D eigenvalue weighted by molar-refractivity contribution is 5.79. The first-order chi connectivity index (χ1) is 8.13. The summed E-state index contributed by atoms with van der Waals surface area (Å²) in [4.78, 5) is 21.6. The number of carboxylic acid groups (broad SMARTS) is 1. The second-order valence-electron chi connectivity index (χ2n) is 3.25. The smallest absolute Gasteiger partial charge is 0.408 e. The van der Waals surface area contributed by atoms with Crippen molar-refractivity contribution in [2.45, 2.75) is 12.6 Å². The molecule has 0 radical (unpaired) electrons. The number of rotatable bonds is 5. The van der Waals surface area contributed by atoms with Crippen LogP contribution in [0.2, 0.25) is 0 Å². The topological polar surface area (TPSA) is 75.6 Å². The van der Waals surface area contributed by atoms with Gasteiger partial charge in [0.1, 0.15) is 13.3 Å². The minimum atomic E-state index is -1.57. The highest BCUT2D eigenvalue weighted by Crippen LogP contribution is 2.00. The number of alkyl carbamates (subject to hydrolysis) is 1. The first kappa shape index (κ1) is 13.0. The van der Waals surface area contributed by atoms with Gasteiger partial charge in [-0.25, -0.2) is 14.0 Å². The number of aliphatic carboxylic acids is 1. The molecular weight excluding hydrogens is 229 g/mol. The van der Waals surface area contributed by atoms with E-state index in [1.807, 2.05) is 11.4 Å². The van der Waals surface area contributed by atoms with Crippen LogP contribution in [0.5, 0.6) is 0 Å². The molecule has 0 aliphatic heterocycles. The normalized spacial score (nSPS) is 11.6. The van der Waals surface area contributed by atoms with Crippen molar-refractivity contribution in [3.63, 3.8) is 0 Å². The van der Waals surface area contributed by atoms with Crippen LogP contribution in [0, 0.1) is 0 Å². The van der Waals surface area contributed by atoms with E-state index >= 15 is 0 Å². The Labute approximate surface area is 97.2 Å². The average molecular weight is 241 g/mol. The molecule has 1 aromatic carbocycles. The van der Waals surface area contributed by atoms with Gasteiger partial charge in [0.05, 0.1) is 0 Å². The molecule has 0 heterocycles. The number of carboxylic acids is 1. The molecule has 17 heavy (non-hydrogen) atoms. The molecule has 5 nitrogen and oxygen atoms in total. The fourth-order valence-corrected chi connectivity index (χ4v) is 1.07. The molecule has 0 bridgehead atoms. The second-order valence-corrected chi connectivity index (χ2v) is 3.25. The van der Waals surface area contributed by atoms with E-state index < -0.39 is 24.8 Å². The highest BCUT2D eigenvalue weighted by atomic mass is 19.1. The molecule has 0 saturated carbocycles. The van der Waals surface area contributed by atoms with Crippen LogP contribution in [0.3, 0.4) is 0 Å². The first-order valence-electron chi connectivity index (χ1n) is 4.89. The maximum absolute atomic E-state index is 12.2. The molecule has 1 amide bonds. The van der Waals surface area contributed by atoms with Crippen molar-refractivity contribution in [3.8, 4) is 0 Å². The van der Waals surface area contributed by atoms with Gasteiger partial charge < -0.3 is 15.2 Å². The Morgan fingerprint density at radius 2 is 2.00 bits per heavy atom. The zero-order valence-corrected chi connectivity index (χ0v) is 8.93. The molecule has 6 heteroatoms. The van der Waals surface area contributed by atoms with Crippen LogP contribution in [0.15, 0.2) is 30.3 Å². The Hall–Kier alpha value is -2.11. The Bertz CT molecular complexity index is 382. The summed E-state index contributed by atoms with van der Waals surface area (Å²) in [6.45, 7) is -1.18. The van der Waals surface area contributed by atoms with Gasteiger partial charge >= 0.3 is 12.1 Å². The number of hydrogen-bond acceptors (Lipinski definition) is 3. The third kappa shape index (κ3) is 4.50. The van der Waals surface area contributed by atoms with Crippen LogP contribution in [0.4, 0.5) is 9.18 Å². The van der Waals surface area contributed by atoms with E-state index in [1.54, 1.807) is 24.3 Å². The molecule has 0 spiro atoms.